The third-order valence-electron chi connectivity index (χ3n) is 2.00. The number of benzene rings is 1. The molecule has 0 spiro atoms. The number of nitrogens with one attached hydrogen (secondary N) is 2. The SMILES string of the molecule is C=C(C)NCc1ccc(CNC)cc1. The Hall–Kier alpha value is -1.28. The zero-order chi connectivity index (χ0) is 10.4. The highest BCUT2D eigenvalue weighted by molar-refractivity contribution is 5.22. The van der Waals surface area contributed by atoms with E-state index in [-0.39, 0.29) is 0 Å². The van der Waals surface area contributed by atoms with Gasteiger partial charge in [0.1, 0.15) is 0 Å². The molecule has 0 fully saturated rings. The number of allylic oxidation sites excluding steroid dienone is 1. The minimum absolute atomic E-state index is 0.856. The molecule has 0 atom stereocenters. The highest BCUT2D eigenvalue weighted by Crippen LogP contribution is 2.04. The fourth-order valence-electron chi connectivity index (χ4n) is 1.23. The van der Waals surface area contributed by atoms with Crippen LogP contribution in [0.15, 0.2) is 36.5 Å². The van der Waals surface area contributed by atoms with Crippen molar-refractivity contribution in [2.24, 2.45) is 0 Å². The molecule has 0 aromatic heterocycles. The van der Waals surface area contributed by atoms with Crippen LogP contribution in [0, 0.1) is 0 Å². The summed E-state index contributed by atoms with van der Waals surface area (Å²) in [7, 11) is 1.95. The van der Waals surface area contributed by atoms with E-state index in [1.807, 2.05) is 14.0 Å². The van der Waals surface area contributed by atoms with E-state index in [9.17, 15) is 0 Å². The first kappa shape index (κ1) is 10.8. The van der Waals surface area contributed by atoms with E-state index in [2.05, 4.69) is 41.5 Å². The molecule has 0 aliphatic carbocycles. The molecule has 0 unspecified atom stereocenters. The summed E-state index contributed by atoms with van der Waals surface area (Å²) in [5, 5.41) is 6.33. The second-order valence-electron chi connectivity index (χ2n) is 3.48. The third-order valence-corrected chi connectivity index (χ3v) is 2.00. The van der Waals surface area contributed by atoms with Crippen molar-refractivity contribution < 1.29 is 0 Å². The molecule has 1 aromatic carbocycles. The van der Waals surface area contributed by atoms with E-state index in [1.165, 1.54) is 11.1 Å². The third kappa shape index (κ3) is 3.62. The monoisotopic (exact) mass is 190 g/mol. The lowest BCUT2D eigenvalue weighted by atomic mass is 10.1. The summed E-state index contributed by atoms with van der Waals surface area (Å²) in [6, 6.07) is 8.57. The van der Waals surface area contributed by atoms with Gasteiger partial charge in [0, 0.05) is 18.8 Å². The Balaban J connectivity index is 2.50. The zero-order valence-electron chi connectivity index (χ0n) is 8.93. The Kier molecular flexibility index (Phi) is 4.20. The van der Waals surface area contributed by atoms with E-state index in [0.717, 1.165) is 18.8 Å². The lowest BCUT2D eigenvalue weighted by Gasteiger charge is -2.06. The van der Waals surface area contributed by atoms with E-state index in [4.69, 9.17) is 0 Å². The molecule has 0 saturated carbocycles. The lowest BCUT2D eigenvalue weighted by molar-refractivity contribution is 0.804. The van der Waals surface area contributed by atoms with Gasteiger partial charge in [-0.1, -0.05) is 30.8 Å². The summed E-state index contributed by atoms with van der Waals surface area (Å²) in [5.74, 6) is 0. The van der Waals surface area contributed by atoms with Crippen LogP contribution < -0.4 is 10.6 Å². The largest absolute Gasteiger partial charge is 0.385 e. The van der Waals surface area contributed by atoms with Crippen molar-refractivity contribution in [3.63, 3.8) is 0 Å². The quantitative estimate of drug-likeness (QED) is 0.742. The van der Waals surface area contributed by atoms with Crippen LogP contribution in [0.25, 0.3) is 0 Å². The maximum Gasteiger partial charge on any atom is 0.0397 e. The molecular formula is C12H18N2. The molecule has 1 rings (SSSR count). The molecule has 2 heteroatoms. The number of hydrogen-bond donors (Lipinski definition) is 2. The average Bonchev–Trinajstić information content (AvgIpc) is 2.17. The summed E-state index contributed by atoms with van der Waals surface area (Å²) in [6.07, 6.45) is 0. The predicted molar refractivity (Wildman–Crippen MR) is 60.9 cm³/mol. The van der Waals surface area contributed by atoms with Crippen LogP contribution in [-0.4, -0.2) is 7.05 Å². The van der Waals surface area contributed by atoms with Crippen LogP contribution in [0.1, 0.15) is 18.1 Å². The minimum atomic E-state index is 0.856. The van der Waals surface area contributed by atoms with Gasteiger partial charge in [0.05, 0.1) is 0 Å². The van der Waals surface area contributed by atoms with Crippen LogP contribution in [-0.2, 0) is 13.1 Å². The maximum atomic E-state index is 3.80. The van der Waals surface area contributed by atoms with Crippen LogP contribution in [0.4, 0.5) is 0 Å². The first-order valence-electron chi connectivity index (χ1n) is 4.84. The summed E-state index contributed by atoms with van der Waals surface area (Å²) in [6.45, 7) is 7.54. The van der Waals surface area contributed by atoms with Gasteiger partial charge in [0.2, 0.25) is 0 Å². The van der Waals surface area contributed by atoms with Crippen molar-refractivity contribution in [1.82, 2.24) is 10.6 Å². The molecule has 0 radical (unpaired) electrons. The Bertz CT molecular complexity index is 288. The minimum Gasteiger partial charge on any atom is -0.385 e. The van der Waals surface area contributed by atoms with E-state index in [0.29, 0.717) is 0 Å². The molecule has 0 saturated heterocycles. The lowest BCUT2D eigenvalue weighted by Crippen LogP contribution is -2.09. The fraction of sp³-hybridized carbons (Fsp3) is 0.333. The molecule has 1 aromatic rings. The van der Waals surface area contributed by atoms with Crippen molar-refractivity contribution >= 4 is 0 Å². The topological polar surface area (TPSA) is 24.1 Å². The van der Waals surface area contributed by atoms with Crippen LogP contribution in [0.3, 0.4) is 0 Å². The zero-order valence-corrected chi connectivity index (χ0v) is 8.93. The second-order valence-corrected chi connectivity index (χ2v) is 3.48. The van der Waals surface area contributed by atoms with E-state index < -0.39 is 0 Å². The molecule has 2 nitrogen and oxygen atoms in total. The highest BCUT2D eigenvalue weighted by atomic mass is 14.9. The summed E-state index contributed by atoms with van der Waals surface area (Å²) < 4.78 is 0. The normalized spacial score (nSPS) is 9.86. The van der Waals surface area contributed by atoms with Crippen molar-refractivity contribution in [3.05, 3.63) is 47.7 Å². The van der Waals surface area contributed by atoms with Gasteiger partial charge >= 0.3 is 0 Å². The van der Waals surface area contributed by atoms with E-state index in [1.54, 1.807) is 0 Å². The fourth-order valence-corrected chi connectivity index (χ4v) is 1.23. The van der Waals surface area contributed by atoms with Gasteiger partial charge in [-0.3, -0.25) is 0 Å². The molecule has 0 heterocycles. The molecule has 0 bridgehead atoms. The van der Waals surface area contributed by atoms with Crippen molar-refractivity contribution in [3.8, 4) is 0 Å². The second kappa shape index (κ2) is 5.45. The Morgan fingerprint density at radius 2 is 1.64 bits per heavy atom. The Morgan fingerprint density at radius 1 is 1.14 bits per heavy atom. The number of hydrogen-bond acceptors (Lipinski definition) is 2. The molecule has 2 N–H and O–H groups in total. The van der Waals surface area contributed by atoms with Crippen molar-refractivity contribution in [2.45, 2.75) is 20.0 Å². The van der Waals surface area contributed by atoms with Gasteiger partial charge in [-0.2, -0.15) is 0 Å². The van der Waals surface area contributed by atoms with Gasteiger partial charge < -0.3 is 10.6 Å². The highest BCUT2D eigenvalue weighted by Gasteiger charge is 1.93. The van der Waals surface area contributed by atoms with Gasteiger partial charge in [-0.15, -0.1) is 0 Å². The van der Waals surface area contributed by atoms with Crippen molar-refractivity contribution in [2.75, 3.05) is 7.05 Å². The molecule has 0 aliphatic rings. The van der Waals surface area contributed by atoms with Gasteiger partial charge in [0.15, 0.2) is 0 Å². The van der Waals surface area contributed by atoms with E-state index >= 15 is 0 Å². The molecule has 14 heavy (non-hydrogen) atoms. The van der Waals surface area contributed by atoms with Crippen LogP contribution in [0.2, 0.25) is 0 Å². The Morgan fingerprint density at radius 3 is 2.07 bits per heavy atom. The smallest absolute Gasteiger partial charge is 0.0397 e. The maximum absolute atomic E-state index is 3.80. The number of rotatable bonds is 5. The first-order valence-corrected chi connectivity index (χ1v) is 4.84. The first-order chi connectivity index (χ1) is 6.72. The summed E-state index contributed by atoms with van der Waals surface area (Å²) >= 11 is 0. The predicted octanol–water partition coefficient (Wildman–Crippen LogP) is 2.03. The molecule has 0 aliphatic heterocycles. The summed E-state index contributed by atoms with van der Waals surface area (Å²) in [4.78, 5) is 0. The molecule has 0 amide bonds. The van der Waals surface area contributed by atoms with Gasteiger partial charge in [-0.25, -0.2) is 0 Å². The average molecular weight is 190 g/mol. The van der Waals surface area contributed by atoms with Gasteiger partial charge in [-0.05, 0) is 25.1 Å². The summed E-state index contributed by atoms with van der Waals surface area (Å²) in [5.41, 5.74) is 3.60. The molecular weight excluding hydrogens is 172 g/mol. The van der Waals surface area contributed by atoms with Crippen molar-refractivity contribution in [1.29, 1.82) is 0 Å². The Labute approximate surface area is 86.0 Å². The van der Waals surface area contributed by atoms with Gasteiger partial charge in [0.25, 0.3) is 0 Å². The standard InChI is InChI=1S/C12H18N2/c1-10(2)14-9-12-6-4-11(5-7-12)8-13-3/h4-7,13-14H,1,8-9H2,2-3H3. The van der Waals surface area contributed by atoms with Crippen LogP contribution in [0.5, 0.6) is 0 Å². The van der Waals surface area contributed by atoms with Crippen LogP contribution >= 0.6 is 0 Å². The molecule has 76 valence electrons.